The van der Waals surface area contributed by atoms with Crippen LogP contribution in [0.3, 0.4) is 0 Å². The minimum Gasteiger partial charge on any atom is -0.496 e. The molecule has 24 heavy (non-hydrogen) atoms. The summed E-state index contributed by atoms with van der Waals surface area (Å²) in [6.07, 6.45) is 3.82. The Balaban J connectivity index is 2.10. The third-order valence-electron chi connectivity index (χ3n) is 4.75. The van der Waals surface area contributed by atoms with Crippen LogP contribution in [-0.2, 0) is 12.8 Å². The molecule has 0 aromatic heterocycles. The van der Waals surface area contributed by atoms with E-state index < -0.39 is 5.97 Å². The van der Waals surface area contributed by atoms with Crippen LogP contribution < -0.4 is 9.47 Å². The van der Waals surface area contributed by atoms with Gasteiger partial charge < -0.3 is 14.6 Å². The van der Waals surface area contributed by atoms with E-state index in [0.29, 0.717) is 17.4 Å². The zero-order chi connectivity index (χ0) is 17.1. The number of ether oxygens (including phenoxy) is 2. The van der Waals surface area contributed by atoms with E-state index in [1.54, 1.807) is 13.2 Å². The molecule has 0 spiro atoms. The molecule has 4 heteroatoms. The fourth-order valence-electron chi connectivity index (χ4n) is 3.74. The average molecular weight is 326 g/mol. The summed E-state index contributed by atoms with van der Waals surface area (Å²) >= 11 is 0. The van der Waals surface area contributed by atoms with Crippen molar-refractivity contribution in [3.63, 3.8) is 0 Å². The molecule has 0 fully saturated rings. The van der Waals surface area contributed by atoms with Crippen molar-refractivity contribution in [1.29, 1.82) is 0 Å². The van der Waals surface area contributed by atoms with Gasteiger partial charge in [-0.1, -0.05) is 30.3 Å². The molecule has 126 valence electrons. The monoisotopic (exact) mass is 326 g/mol. The van der Waals surface area contributed by atoms with Crippen LogP contribution in [0.5, 0.6) is 11.5 Å². The molecule has 0 saturated carbocycles. The number of benzene rings is 2. The topological polar surface area (TPSA) is 55.8 Å². The molecular formula is C20H22O4. The maximum Gasteiger partial charge on any atom is 0.339 e. The van der Waals surface area contributed by atoms with Crippen LogP contribution >= 0.6 is 0 Å². The van der Waals surface area contributed by atoms with Crippen LogP contribution in [0.4, 0.5) is 0 Å². The summed E-state index contributed by atoms with van der Waals surface area (Å²) in [5.41, 5.74) is 3.54. The Kier molecular flexibility index (Phi) is 4.74. The largest absolute Gasteiger partial charge is 0.496 e. The van der Waals surface area contributed by atoms with Crippen molar-refractivity contribution in [3.8, 4) is 11.5 Å². The highest BCUT2D eigenvalue weighted by Gasteiger charge is 2.30. The first-order valence-corrected chi connectivity index (χ1v) is 8.20. The number of fused-ring (bicyclic) bond motifs is 1. The first-order chi connectivity index (χ1) is 11.7. The van der Waals surface area contributed by atoms with Gasteiger partial charge in [0.05, 0.1) is 14.2 Å². The molecule has 1 unspecified atom stereocenters. The molecule has 1 N–H and O–H groups in total. The molecule has 3 rings (SSSR count). The molecule has 0 heterocycles. The van der Waals surface area contributed by atoms with Crippen molar-refractivity contribution in [2.45, 2.75) is 31.6 Å². The smallest absolute Gasteiger partial charge is 0.339 e. The fraction of sp³-hybridized carbons (Fsp3) is 0.350. The average Bonchev–Trinajstić information content (AvgIpc) is 2.61. The molecule has 0 aliphatic heterocycles. The van der Waals surface area contributed by atoms with E-state index in [4.69, 9.17) is 9.47 Å². The van der Waals surface area contributed by atoms with Gasteiger partial charge in [0.15, 0.2) is 0 Å². The van der Waals surface area contributed by atoms with E-state index in [2.05, 4.69) is 12.1 Å². The van der Waals surface area contributed by atoms with Gasteiger partial charge in [-0.2, -0.15) is 0 Å². The second kappa shape index (κ2) is 6.95. The molecule has 2 aromatic carbocycles. The first-order valence-electron chi connectivity index (χ1n) is 8.20. The highest BCUT2D eigenvalue weighted by Crippen LogP contribution is 2.45. The third-order valence-corrected chi connectivity index (χ3v) is 4.75. The first kappa shape index (κ1) is 16.4. The zero-order valence-electron chi connectivity index (χ0n) is 14.0. The van der Waals surface area contributed by atoms with E-state index in [1.807, 2.05) is 18.2 Å². The van der Waals surface area contributed by atoms with Gasteiger partial charge in [-0.05, 0) is 43.2 Å². The van der Waals surface area contributed by atoms with Gasteiger partial charge in [-0.3, -0.25) is 0 Å². The van der Waals surface area contributed by atoms with Crippen molar-refractivity contribution in [1.82, 2.24) is 0 Å². The number of hydrogen-bond donors (Lipinski definition) is 1. The SMILES string of the molecule is COc1cc(C(=O)O)c(OC)c2c1C(Cc1ccccc1)CCC2. The number of carboxylic acids is 1. The lowest BCUT2D eigenvalue weighted by atomic mass is 9.78. The highest BCUT2D eigenvalue weighted by molar-refractivity contribution is 5.92. The second-order valence-corrected chi connectivity index (χ2v) is 6.14. The van der Waals surface area contributed by atoms with Crippen LogP contribution in [0.2, 0.25) is 0 Å². The van der Waals surface area contributed by atoms with Crippen LogP contribution in [-0.4, -0.2) is 25.3 Å². The fourth-order valence-corrected chi connectivity index (χ4v) is 3.74. The summed E-state index contributed by atoms with van der Waals surface area (Å²) in [4.78, 5) is 11.6. The minimum atomic E-state index is -0.988. The zero-order valence-corrected chi connectivity index (χ0v) is 14.0. The maximum absolute atomic E-state index is 11.6. The maximum atomic E-state index is 11.6. The van der Waals surface area contributed by atoms with E-state index in [9.17, 15) is 9.90 Å². The number of methoxy groups -OCH3 is 2. The molecule has 0 amide bonds. The van der Waals surface area contributed by atoms with E-state index in [1.165, 1.54) is 12.7 Å². The summed E-state index contributed by atoms with van der Waals surface area (Å²) in [6.45, 7) is 0. The van der Waals surface area contributed by atoms with E-state index in [0.717, 1.165) is 36.8 Å². The molecule has 0 bridgehead atoms. The molecular weight excluding hydrogens is 304 g/mol. The van der Waals surface area contributed by atoms with Gasteiger partial charge in [0.25, 0.3) is 0 Å². The van der Waals surface area contributed by atoms with Gasteiger partial charge >= 0.3 is 5.97 Å². The Hall–Kier alpha value is -2.49. The summed E-state index contributed by atoms with van der Waals surface area (Å²) in [6, 6.07) is 12.0. The van der Waals surface area contributed by atoms with Gasteiger partial charge in [0.1, 0.15) is 17.1 Å². The quantitative estimate of drug-likeness (QED) is 0.900. The Morgan fingerprint density at radius 3 is 2.58 bits per heavy atom. The summed E-state index contributed by atoms with van der Waals surface area (Å²) in [5.74, 6) is 0.459. The van der Waals surface area contributed by atoms with Crippen LogP contribution in [0.15, 0.2) is 36.4 Å². The third kappa shape index (κ3) is 2.96. The predicted molar refractivity (Wildman–Crippen MR) is 92.3 cm³/mol. The van der Waals surface area contributed by atoms with Crippen molar-refractivity contribution < 1.29 is 19.4 Å². The minimum absolute atomic E-state index is 0.175. The standard InChI is InChI=1S/C20H22O4/c1-23-17-12-16(20(21)22)19(24-2)15-10-6-9-14(18(15)17)11-13-7-4-3-5-8-13/h3-5,7-8,12,14H,6,9-11H2,1-2H3,(H,21,22). The summed E-state index contributed by atoms with van der Waals surface area (Å²) in [5, 5.41) is 9.48. The summed E-state index contributed by atoms with van der Waals surface area (Å²) in [7, 11) is 3.14. The van der Waals surface area contributed by atoms with Crippen LogP contribution in [0.25, 0.3) is 0 Å². The van der Waals surface area contributed by atoms with Crippen molar-refractivity contribution in [2.24, 2.45) is 0 Å². The molecule has 4 nitrogen and oxygen atoms in total. The Bertz CT molecular complexity index is 737. The van der Waals surface area contributed by atoms with Gasteiger partial charge in [0, 0.05) is 11.1 Å². The summed E-state index contributed by atoms with van der Waals surface area (Å²) < 4.78 is 11.0. The van der Waals surface area contributed by atoms with Crippen molar-refractivity contribution in [2.75, 3.05) is 14.2 Å². The predicted octanol–water partition coefficient (Wildman–Crippen LogP) is 4.06. The van der Waals surface area contributed by atoms with Crippen LogP contribution in [0.1, 0.15) is 45.8 Å². The number of hydrogen-bond acceptors (Lipinski definition) is 3. The van der Waals surface area contributed by atoms with Gasteiger partial charge in [-0.25, -0.2) is 4.79 Å². The van der Waals surface area contributed by atoms with E-state index >= 15 is 0 Å². The van der Waals surface area contributed by atoms with Crippen LogP contribution in [0, 0.1) is 0 Å². The highest BCUT2D eigenvalue weighted by atomic mass is 16.5. The number of aromatic carboxylic acids is 1. The van der Waals surface area contributed by atoms with Gasteiger partial charge in [0.2, 0.25) is 0 Å². The molecule has 1 aliphatic carbocycles. The Morgan fingerprint density at radius 2 is 1.96 bits per heavy atom. The van der Waals surface area contributed by atoms with Crippen molar-refractivity contribution in [3.05, 3.63) is 58.7 Å². The molecule has 1 aliphatic rings. The lowest BCUT2D eigenvalue weighted by Gasteiger charge is -2.29. The van der Waals surface area contributed by atoms with E-state index in [-0.39, 0.29) is 5.56 Å². The number of carbonyl (C=O) groups is 1. The Labute approximate surface area is 142 Å². The molecule has 2 aromatic rings. The second-order valence-electron chi connectivity index (χ2n) is 6.14. The normalized spacial score (nSPS) is 16.3. The molecule has 1 atom stereocenters. The van der Waals surface area contributed by atoms with Gasteiger partial charge in [-0.15, -0.1) is 0 Å². The number of rotatable bonds is 5. The number of carboxylic acid groups (broad SMARTS) is 1. The molecule has 0 saturated heterocycles. The van der Waals surface area contributed by atoms with Crippen molar-refractivity contribution >= 4 is 5.97 Å². The Morgan fingerprint density at radius 1 is 1.21 bits per heavy atom. The lowest BCUT2D eigenvalue weighted by Crippen LogP contribution is -2.17. The lowest BCUT2D eigenvalue weighted by molar-refractivity contribution is 0.0692. The molecule has 0 radical (unpaired) electrons.